The van der Waals surface area contributed by atoms with Crippen LogP contribution in [0.2, 0.25) is 0 Å². The second kappa shape index (κ2) is 6.44. The molecule has 1 atom stereocenters. The van der Waals surface area contributed by atoms with Crippen molar-refractivity contribution >= 4 is 0 Å². The van der Waals surface area contributed by atoms with Gasteiger partial charge >= 0.3 is 0 Å². The van der Waals surface area contributed by atoms with Crippen molar-refractivity contribution in [2.75, 3.05) is 6.54 Å². The van der Waals surface area contributed by atoms with Crippen LogP contribution in [0.1, 0.15) is 24.8 Å². The Morgan fingerprint density at radius 2 is 2.11 bits per heavy atom. The first-order valence-corrected chi connectivity index (χ1v) is 6.43. The summed E-state index contributed by atoms with van der Waals surface area (Å²) in [7, 11) is 0. The van der Waals surface area contributed by atoms with E-state index in [1.165, 1.54) is 12.1 Å². The molecule has 0 heterocycles. The third-order valence-electron chi connectivity index (χ3n) is 3.39. The van der Waals surface area contributed by atoms with Crippen molar-refractivity contribution in [3.63, 3.8) is 0 Å². The molecule has 1 aromatic carbocycles. The summed E-state index contributed by atoms with van der Waals surface area (Å²) >= 11 is 0. The Morgan fingerprint density at radius 3 is 2.79 bits per heavy atom. The van der Waals surface area contributed by atoms with E-state index in [9.17, 15) is 8.78 Å². The summed E-state index contributed by atoms with van der Waals surface area (Å²) in [4.78, 5) is 0. The van der Waals surface area contributed by atoms with E-state index in [4.69, 9.17) is 5.26 Å². The van der Waals surface area contributed by atoms with Gasteiger partial charge in [-0.15, -0.1) is 0 Å². The van der Waals surface area contributed by atoms with E-state index >= 15 is 0 Å². The van der Waals surface area contributed by atoms with Crippen molar-refractivity contribution in [3.8, 4) is 6.07 Å². The molecular weight excluding hydrogens is 246 g/mol. The summed E-state index contributed by atoms with van der Waals surface area (Å²) in [5, 5.41) is 11.9. The summed E-state index contributed by atoms with van der Waals surface area (Å²) in [6, 6.07) is 8.24. The van der Waals surface area contributed by atoms with Crippen molar-refractivity contribution in [2.45, 2.75) is 25.8 Å². The SMILES string of the molecule is N#CC1CCC/C1=C(\F)CNCc1ccc(F)cc1. The van der Waals surface area contributed by atoms with Crippen LogP contribution in [0.4, 0.5) is 8.78 Å². The van der Waals surface area contributed by atoms with E-state index in [0.717, 1.165) is 18.4 Å². The lowest BCUT2D eigenvalue weighted by Gasteiger charge is -2.07. The maximum absolute atomic E-state index is 13.9. The highest BCUT2D eigenvalue weighted by atomic mass is 19.1. The minimum absolute atomic E-state index is 0.130. The zero-order valence-corrected chi connectivity index (χ0v) is 10.6. The Hall–Kier alpha value is -1.73. The summed E-state index contributed by atoms with van der Waals surface area (Å²) < 4.78 is 26.6. The van der Waals surface area contributed by atoms with Gasteiger partial charge in [-0.05, 0) is 42.5 Å². The van der Waals surface area contributed by atoms with E-state index in [0.29, 0.717) is 18.5 Å². The molecule has 0 bridgehead atoms. The molecule has 0 saturated heterocycles. The molecule has 1 unspecified atom stereocenters. The first kappa shape index (κ1) is 13.7. The van der Waals surface area contributed by atoms with Crippen LogP contribution in [-0.4, -0.2) is 6.54 Å². The Bertz CT molecular complexity index is 500. The maximum Gasteiger partial charge on any atom is 0.123 e. The molecule has 19 heavy (non-hydrogen) atoms. The first-order valence-electron chi connectivity index (χ1n) is 6.43. The zero-order valence-electron chi connectivity index (χ0n) is 10.6. The molecule has 100 valence electrons. The molecule has 2 nitrogen and oxygen atoms in total. The Morgan fingerprint density at radius 1 is 1.37 bits per heavy atom. The van der Waals surface area contributed by atoms with Gasteiger partial charge in [-0.1, -0.05) is 12.1 Å². The summed E-state index contributed by atoms with van der Waals surface area (Å²) in [6.45, 7) is 0.614. The van der Waals surface area contributed by atoms with Gasteiger partial charge in [-0.2, -0.15) is 5.26 Å². The molecule has 1 saturated carbocycles. The van der Waals surface area contributed by atoms with Crippen molar-refractivity contribution in [3.05, 3.63) is 47.0 Å². The molecule has 1 aliphatic rings. The van der Waals surface area contributed by atoms with Gasteiger partial charge in [0.25, 0.3) is 0 Å². The molecule has 0 radical (unpaired) electrons. The molecule has 1 aliphatic carbocycles. The average Bonchev–Trinajstić information content (AvgIpc) is 2.89. The van der Waals surface area contributed by atoms with Crippen LogP contribution in [0.15, 0.2) is 35.7 Å². The second-order valence-electron chi connectivity index (χ2n) is 4.73. The molecule has 0 aliphatic heterocycles. The molecule has 4 heteroatoms. The predicted molar refractivity (Wildman–Crippen MR) is 69.2 cm³/mol. The number of benzene rings is 1. The maximum atomic E-state index is 13.9. The highest BCUT2D eigenvalue weighted by molar-refractivity contribution is 5.22. The lowest BCUT2D eigenvalue weighted by molar-refractivity contribution is 0.547. The minimum Gasteiger partial charge on any atom is -0.306 e. The fourth-order valence-electron chi connectivity index (χ4n) is 2.34. The van der Waals surface area contributed by atoms with Crippen LogP contribution in [-0.2, 0) is 6.54 Å². The number of nitriles is 1. The van der Waals surface area contributed by atoms with Crippen molar-refractivity contribution in [1.82, 2.24) is 5.32 Å². The Balaban J connectivity index is 1.87. The van der Waals surface area contributed by atoms with Gasteiger partial charge < -0.3 is 5.32 Å². The number of rotatable bonds is 4. The van der Waals surface area contributed by atoms with Gasteiger partial charge in [0.15, 0.2) is 0 Å². The van der Waals surface area contributed by atoms with Crippen molar-refractivity contribution in [2.24, 2.45) is 5.92 Å². The predicted octanol–water partition coefficient (Wildman–Crippen LogP) is 3.46. The van der Waals surface area contributed by atoms with Crippen LogP contribution in [0.25, 0.3) is 0 Å². The normalized spacial score (nSPS) is 21.2. The molecule has 2 rings (SSSR count). The number of hydrogen-bond acceptors (Lipinski definition) is 2. The van der Waals surface area contributed by atoms with Gasteiger partial charge in [0.05, 0.1) is 12.0 Å². The number of hydrogen-bond donors (Lipinski definition) is 1. The fraction of sp³-hybridized carbons (Fsp3) is 0.400. The molecule has 1 N–H and O–H groups in total. The van der Waals surface area contributed by atoms with Crippen molar-refractivity contribution in [1.29, 1.82) is 5.26 Å². The lowest BCUT2D eigenvalue weighted by Crippen LogP contribution is -2.16. The van der Waals surface area contributed by atoms with Crippen LogP contribution < -0.4 is 5.32 Å². The summed E-state index contributed by atoms with van der Waals surface area (Å²) in [6.07, 6.45) is 2.33. The smallest absolute Gasteiger partial charge is 0.123 e. The van der Waals surface area contributed by atoms with Gasteiger partial charge in [0, 0.05) is 13.1 Å². The number of allylic oxidation sites excluding steroid dienone is 1. The molecule has 0 aromatic heterocycles. The largest absolute Gasteiger partial charge is 0.306 e. The molecule has 1 aromatic rings. The Kier molecular flexibility index (Phi) is 4.64. The molecule has 1 fully saturated rings. The van der Waals surface area contributed by atoms with E-state index in [2.05, 4.69) is 11.4 Å². The van der Waals surface area contributed by atoms with E-state index in [-0.39, 0.29) is 24.1 Å². The quantitative estimate of drug-likeness (QED) is 0.902. The average molecular weight is 262 g/mol. The third kappa shape index (κ3) is 3.62. The Labute approximate surface area is 111 Å². The first-order chi connectivity index (χ1) is 9.20. The minimum atomic E-state index is -0.278. The van der Waals surface area contributed by atoms with Crippen LogP contribution in [0.3, 0.4) is 0 Å². The molecular formula is C15H16F2N2. The van der Waals surface area contributed by atoms with Crippen LogP contribution in [0, 0.1) is 23.1 Å². The van der Waals surface area contributed by atoms with E-state index in [1.807, 2.05) is 0 Å². The number of nitrogens with zero attached hydrogens (tertiary/aromatic N) is 1. The van der Waals surface area contributed by atoms with Crippen LogP contribution >= 0.6 is 0 Å². The van der Waals surface area contributed by atoms with Gasteiger partial charge in [-0.3, -0.25) is 0 Å². The number of halogens is 2. The van der Waals surface area contributed by atoms with Crippen molar-refractivity contribution < 1.29 is 8.78 Å². The second-order valence-corrected chi connectivity index (χ2v) is 4.73. The van der Waals surface area contributed by atoms with Gasteiger partial charge in [0.1, 0.15) is 11.6 Å². The third-order valence-corrected chi connectivity index (χ3v) is 3.39. The number of nitrogens with one attached hydrogen (secondary N) is 1. The zero-order chi connectivity index (χ0) is 13.7. The lowest BCUT2D eigenvalue weighted by atomic mass is 10.0. The molecule has 0 spiro atoms. The summed E-state index contributed by atoms with van der Waals surface area (Å²) in [5.74, 6) is -0.751. The fourth-order valence-corrected chi connectivity index (χ4v) is 2.34. The highest BCUT2D eigenvalue weighted by Crippen LogP contribution is 2.33. The van der Waals surface area contributed by atoms with Gasteiger partial charge in [0.2, 0.25) is 0 Å². The van der Waals surface area contributed by atoms with E-state index < -0.39 is 0 Å². The standard InChI is InChI=1S/C15H16F2N2/c16-13-6-4-11(5-7-13)9-19-10-15(17)14-3-1-2-12(14)8-18/h4-7,12,19H,1-3,9-10H2/b15-14+. The highest BCUT2D eigenvalue weighted by Gasteiger charge is 2.23. The monoisotopic (exact) mass is 262 g/mol. The molecule has 0 amide bonds. The van der Waals surface area contributed by atoms with Crippen LogP contribution in [0.5, 0.6) is 0 Å². The topological polar surface area (TPSA) is 35.8 Å². The summed E-state index contributed by atoms with van der Waals surface area (Å²) in [5.41, 5.74) is 1.55. The van der Waals surface area contributed by atoms with E-state index in [1.54, 1.807) is 12.1 Å². The van der Waals surface area contributed by atoms with Gasteiger partial charge in [-0.25, -0.2) is 8.78 Å².